The van der Waals surface area contributed by atoms with Crippen molar-refractivity contribution >= 4 is 17.3 Å². The lowest BCUT2D eigenvalue weighted by atomic mass is 10.1. The number of hydrogen-bond donors (Lipinski definition) is 2. The number of likely N-dealkylation sites (N-methyl/N-ethyl adjacent to an activating group) is 1. The Morgan fingerprint density at radius 3 is 2.58 bits per heavy atom. The molecule has 0 heterocycles. The normalized spacial score (nSPS) is 14.2. The van der Waals surface area contributed by atoms with E-state index in [0.29, 0.717) is 17.3 Å². The van der Waals surface area contributed by atoms with E-state index in [1.54, 1.807) is 6.07 Å². The molecule has 2 unspecified atom stereocenters. The van der Waals surface area contributed by atoms with E-state index in [2.05, 4.69) is 24.1 Å². The van der Waals surface area contributed by atoms with Crippen molar-refractivity contribution in [2.45, 2.75) is 33.2 Å². The van der Waals surface area contributed by atoms with Crippen LogP contribution in [0.4, 0.5) is 11.4 Å². The van der Waals surface area contributed by atoms with Gasteiger partial charge in [-0.3, -0.25) is 9.69 Å². The van der Waals surface area contributed by atoms with Crippen LogP contribution in [0.25, 0.3) is 0 Å². The number of anilines is 2. The summed E-state index contributed by atoms with van der Waals surface area (Å²) in [7, 11) is 1.98. The van der Waals surface area contributed by atoms with Crippen LogP contribution in [0.5, 0.6) is 0 Å². The van der Waals surface area contributed by atoms with E-state index in [4.69, 9.17) is 5.73 Å². The second-order valence-electron chi connectivity index (χ2n) is 5.21. The Morgan fingerprint density at radius 1 is 1.37 bits per heavy atom. The van der Waals surface area contributed by atoms with Crippen LogP contribution >= 0.6 is 0 Å². The average Bonchev–Trinajstić information content (AvgIpc) is 2.40. The number of carbonyl (C=O) groups is 1. The van der Waals surface area contributed by atoms with Crippen molar-refractivity contribution in [2.75, 3.05) is 24.6 Å². The molecule has 2 atom stereocenters. The van der Waals surface area contributed by atoms with Gasteiger partial charge in [0, 0.05) is 6.54 Å². The summed E-state index contributed by atoms with van der Waals surface area (Å²) in [5, 5.41) is 2.88. The van der Waals surface area contributed by atoms with Crippen LogP contribution in [0.3, 0.4) is 0 Å². The minimum Gasteiger partial charge on any atom is -0.397 e. The van der Waals surface area contributed by atoms with Crippen molar-refractivity contribution in [3.05, 3.63) is 24.3 Å². The van der Waals surface area contributed by atoms with E-state index in [9.17, 15) is 4.79 Å². The monoisotopic (exact) mass is 263 g/mol. The molecule has 0 bridgehead atoms. The van der Waals surface area contributed by atoms with Crippen molar-refractivity contribution < 1.29 is 4.79 Å². The molecule has 0 saturated heterocycles. The number of para-hydroxylation sites is 2. The number of benzene rings is 1. The molecule has 0 aromatic heterocycles. The van der Waals surface area contributed by atoms with Crippen LogP contribution in [0, 0.1) is 5.92 Å². The highest BCUT2D eigenvalue weighted by molar-refractivity contribution is 5.96. The predicted octanol–water partition coefficient (Wildman–Crippen LogP) is 2.57. The fraction of sp³-hybridized carbons (Fsp3) is 0.533. The summed E-state index contributed by atoms with van der Waals surface area (Å²) in [4.78, 5) is 14.2. The zero-order valence-corrected chi connectivity index (χ0v) is 12.3. The van der Waals surface area contributed by atoms with Crippen molar-refractivity contribution in [1.82, 2.24) is 4.90 Å². The number of nitrogen functional groups attached to an aromatic ring is 1. The molecule has 3 N–H and O–H groups in total. The molecule has 106 valence electrons. The van der Waals surface area contributed by atoms with Gasteiger partial charge in [0.25, 0.3) is 0 Å². The molecule has 0 spiro atoms. The van der Waals surface area contributed by atoms with Gasteiger partial charge in [-0.2, -0.15) is 0 Å². The Bertz CT molecular complexity index is 420. The molecule has 0 radical (unpaired) electrons. The van der Waals surface area contributed by atoms with Crippen LogP contribution in [0.1, 0.15) is 27.2 Å². The second kappa shape index (κ2) is 7.14. The summed E-state index contributed by atoms with van der Waals surface area (Å²) in [6.45, 7) is 7.18. The molecule has 0 aliphatic heterocycles. The highest BCUT2D eigenvalue weighted by atomic mass is 16.2. The van der Waals surface area contributed by atoms with Crippen LogP contribution in [-0.2, 0) is 4.79 Å². The van der Waals surface area contributed by atoms with Crippen molar-refractivity contribution in [3.63, 3.8) is 0 Å². The van der Waals surface area contributed by atoms with Gasteiger partial charge in [-0.1, -0.05) is 32.4 Å². The molecule has 4 nitrogen and oxygen atoms in total. The van der Waals surface area contributed by atoms with Crippen LogP contribution in [-0.4, -0.2) is 30.4 Å². The maximum atomic E-state index is 12.2. The fourth-order valence-corrected chi connectivity index (χ4v) is 1.83. The second-order valence-corrected chi connectivity index (χ2v) is 5.21. The van der Waals surface area contributed by atoms with Gasteiger partial charge in [0.05, 0.1) is 17.4 Å². The molecule has 1 amide bonds. The number of nitrogens with two attached hydrogens (primary N) is 1. The van der Waals surface area contributed by atoms with E-state index in [-0.39, 0.29) is 11.9 Å². The molecule has 0 saturated carbocycles. The third-order valence-corrected chi connectivity index (χ3v) is 3.56. The average molecular weight is 263 g/mol. The zero-order valence-electron chi connectivity index (χ0n) is 12.3. The lowest BCUT2D eigenvalue weighted by molar-refractivity contribution is -0.120. The summed E-state index contributed by atoms with van der Waals surface area (Å²) < 4.78 is 0. The minimum absolute atomic E-state index is 0.0243. The van der Waals surface area contributed by atoms with Gasteiger partial charge in [0.2, 0.25) is 5.91 Å². The van der Waals surface area contributed by atoms with Gasteiger partial charge in [-0.25, -0.2) is 0 Å². The summed E-state index contributed by atoms with van der Waals surface area (Å²) in [5.41, 5.74) is 7.09. The van der Waals surface area contributed by atoms with Crippen LogP contribution in [0.15, 0.2) is 24.3 Å². The molecule has 1 rings (SSSR count). The van der Waals surface area contributed by atoms with E-state index in [0.717, 1.165) is 13.0 Å². The number of rotatable bonds is 6. The van der Waals surface area contributed by atoms with Crippen molar-refractivity contribution in [2.24, 2.45) is 5.92 Å². The lowest BCUT2D eigenvalue weighted by Gasteiger charge is -2.26. The summed E-state index contributed by atoms with van der Waals surface area (Å²) in [6.07, 6.45) is 1.12. The van der Waals surface area contributed by atoms with Gasteiger partial charge in [0.1, 0.15) is 0 Å². The third-order valence-electron chi connectivity index (χ3n) is 3.56. The zero-order chi connectivity index (χ0) is 14.4. The lowest BCUT2D eigenvalue weighted by Crippen LogP contribution is -2.41. The Morgan fingerprint density at radius 2 is 2.00 bits per heavy atom. The van der Waals surface area contributed by atoms with Gasteiger partial charge in [-0.05, 0) is 32.0 Å². The molecular weight excluding hydrogens is 238 g/mol. The first-order valence-electron chi connectivity index (χ1n) is 6.81. The Balaban J connectivity index is 2.60. The van der Waals surface area contributed by atoms with Gasteiger partial charge >= 0.3 is 0 Å². The van der Waals surface area contributed by atoms with Gasteiger partial charge in [0.15, 0.2) is 0 Å². The molecule has 0 fully saturated rings. The SMILES string of the molecule is CCC(C)CN(C)C(C)C(=O)Nc1ccccc1N. The summed E-state index contributed by atoms with van der Waals surface area (Å²) in [5.74, 6) is 0.561. The maximum absolute atomic E-state index is 12.2. The third kappa shape index (κ3) is 4.56. The predicted molar refractivity (Wildman–Crippen MR) is 81.0 cm³/mol. The molecule has 1 aromatic rings. The summed E-state index contributed by atoms with van der Waals surface area (Å²) >= 11 is 0. The first kappa shape index (κ1) is 15.5. The molecule has 19 heavy (non-hydrogen) atoms. The van der Waals surface area contributed by atoms with Gasteiger partial charge < -0.3 is 11.1 Å². The van der Waals surface area contributed by atoms with Crippen molar-refractivity contribution in [1.29, 1.82) is 0 Å². The highest BCUT2D eigenvalue weighted by Gasteiger charge is 2.19. The Hall–Kier alpha value is -1.55. The molecule has 4 heteroatoms. The number of nitrogens with one attached hydrogen (secondary N) is 1. The standard InChI is InChI=1S/C15H25N3O/c1-5-11(2)10-18(4)12(3)15(19)17-14-9-7-6-8-13(14)16/h6-9,11-12H,5,10,16H2,1-4H3,(H,17,19). The highest BCUT2D eigenvalue weighted by Crippen LogP contribution is 2.17. The number of carbonyl (C=O) groups excluding carboxylic acids is 1. The van der Waals surface area contributed by atoms with E-state index >= 15 is 0 Å². The Labute approximate surface area is 116 Å². The fourth-order valence-electron chi connectivity index (χ4n) is 1.83. The molecule has 1 aromatic carbocycles. The first-order chi connectivity index (χ1) is 8.95. The van der Waals surface area contributed by atoms with Crippen LogP contribution < -0.4 is 11.1 Å². The quantitative estimate of drug-likeness (QED) is 0.776. The molecular formula is C15H25N3O. The molecule has 0 aliphatic rings. The maximum Gasteiger partial charge on any atom is 0.241 e. The minimum atomic E-state index is -0.173. The van der Waals surface area contributed by atoms with E-state index < -0.39 is 0 Å². The van der Waals surface area contributed by atoms with Gasteiger partial charge in [-0.15, -0.1) is 0 Å². The van der Waals surface area contributed by atoms with Crippen molar-refractivity contribution in [3.8, 4) is 0 Å². The summed E-state index contributed by atoms with van der Waals surface area (Å²) in [6, 6.07) is 7.13. The van der Waals surface area contributed by atoms with Crippen LogP contribution in [0.2, 0.25) is 0 Å². The molecule has 0 aliphatic carbocycles. The number of nitrogens with zero attached hydrogens (tertiary/aromatic N) is 1. The van der Waals surface area contributed by atoms with E-state index in [1.807, 2.05) is 32.2 Å². The number of amides is 1. The van der Waals surface area contributed by atoms with E-state index in [1.165, 1.54) is 0 Å². The smallest absolute Gasteiger partial charge is 0.241 e. The number of hydrogen-bond acceptors (Lipinski definition) is 3. The Kier molecular flexibility index (Phi) is 5.83. The topological polar surface area (TPSA) is 58.4 Å². The largest absolute Gasteiger partial charge is 0.397 e. The first-order valence-corrected chi connectivity index (χ1v) is 6.81.